The number of hydrogen-bond donors (Lipinski definition) is 0. The zero-order chi connectivity index (χ0) is 17.0. The minimum atomic E-state index is -4.54. The van der Waals surface area contributed by atoms with Crippen LogP contribution in [0.25, 0.3) is 0 Å². The van der Waals surface area contributed by atoms with E-state index in [9.17, 15) is 18.0 Å². The minimum absolute atomic E-state index is 0.165. The van der Waals surface area contributed by atoms with Crippen LogP contribution in [0.1, 0.15) is 17.2 Å². The van der Waals surface area contributed by atoms with E-state index < -0.39 is 23.8 Å². The average molecular weight is 332 g/mol. The predicted octanol–water partition coefficient (Wildman–Crippen LogP) is 2.10. The Hall–Kier alpha value is -1.64. The van der Waals surface area contributed by atoms with Crippen LogP contribution in [-0.4, -0.2) is 56.3 Å². The number of carbonyl (C=O) groups is 1. The molecule has 128 valence electrons. The number of alkyl halides is 3. The Morgan fingerprint density at radius 1 is 1.13 bits per heavy atom. The molecule has 1 aliphatic heterocycles. The number of hydrogen-bond acceptors (Lipinski definition) is 4. The van der Waals surface area contributed by atoms with E-state index >= 15 is 0 Å². The van der Waals surface area contributed by atoms with Crippen molar-refractivity contribution in [2.75, 3.05) is 40.4 Å². The zero-order valence-corrected chi connectivity index (χ0v) is 13.0. The quantitative estimate of drug-likeness (QED) is 0.847. The summed E-state index contributed by atoms with van der Waals surface area (Å²) in [5.74, 6) is -0.472. The van der Waals surface area contributed by atoms with E-state index in [4.69, 9.17) is 9.57 Å². The third-order valence-electron chi connectivity index (χ3n) is 3.82. The summed E-state index contributed by atoms with van der Waals surface area (Å²) in [6, 6.07) is 4.99. The summed E-state index contributed by atoms with van der Waals surface area (Å²) >= 11 is 0. The van der Waals surface area contributed by atoms with Gasteiger partial charge in [-0.1, -0.05) is 18.2 Å². The van der Waals surface area contributed by atoms with E-state index in [2.05, 4.69) is 0 Å². The van der Waals surface area contributed by atoms with Crippen molar-refractivity contribution in [3.05, 3.63) is 35.4 Å². The molecule has 1 unspecified atom stereocenters. The smallest absolute Gasteiger partial charge is 0.367 e. The van der Waals surface area contributed by atoms with Crippen LogP contribution in [-0.2, 0) is 20.5 Å². The molecular weight excluding hydrogens is 313 g/mol. The number of amides is 1. The highest BCUT2D eigenvalue weighted by molar-refractivity contribution is 5.83. The first-order chi connectivity index (χ1) is 10.9. The van der Waals surface area contributed by atoms with Crippen molar-refractivity contribution < 1.29 is 27.5 Å². The summed E-state index contributed by atoms with van der Waals surface area (Å²) < 4.78 is 44.5. The van der Waals surface area contributed by atoms with E-state index in [1.54, 1.807) is 5.06 Å². The van der Waals surface area contributed by atoms with Crippen LogP contribution in [0.15, 0.2) is 24.3 Å². The van der Waals surface area contributed by atoms with E-state index in [0.29, 0.717) is 26.2 Å². The van der Waals surface area contributed by atoms with E-state index in [1.165, 1.54) is 37.3 Å². The second-order valence-electron chi connectivity index (χ2n) is 5.14. The molecular formula is C15H19F3N2O3. The molecule has 0 saturated carbocycles. The topological polar surface area (TPSA) is 42.0 Å². The number of hydroxylamine groups is 2. The summed E-state index contributed by atoms with van der Waals surface area (Å²) in [7, 11) is 2.77. The molecule has 1 aromatic carbocycles. The number of halogens is 3. The monoisotopic (exact) mass is 332 g/mol. The lowest BCUT2D eigenvalue weighted by Gasteiger charge is -2.35. The van der Waals surface area contributed by atoms with Crippen molar-refractivity contribution in [1.29, 1.82) is 0 Å². The standard InChI is InChI=1S/C15H19F3N2O3/c1-22-13(11-5-3-4-6-12(11)15(16,17)18)14(21)19-7-9-20(23-2)10-8-19/h3-6,13H,7-10H2,1-2H3. The van der Waals surface area contributed by atoms with Crippen LogP contribution in [0, 0.1) is 0 Å². The molecule has 0 N–H and O–H groups in total. The minimum Gasteiger partial charge on any atom is -0.367 e. The van der Waals surface area contributed by atoms with Crippen LogP contribution in [0.3, 0.4) is 0 Å². The zero-order valence-electron chi connectivity index (χ0n) is 13.0. The normalized spacial score (nSPS) is 18.0. The van der Waals surface area contributed by atoms with E-state index in [0.717, 1.165) is 6.07 Å². The molecule has 1 amide bonds. The highest BCUT2D eigenvalue weighted by atomic mass is 19.4. The van der Waals surface area contributed by atoms with Gasteiger partial charge < -0.3 is 14.5 Å². The summed E-state index contributed by atoms with van der Waals surface area (Å²) in [5.41, 5.74) is -1.02. The Bertz CT molecular complexity index is 543. The number of ether oxygens (including phenoxy) is 1. The Kier molecular flexibility index (Phi) is 5.61. The third kappa shape index (κ3) is 4.01. The van der Waals surface area contributed by atoms with Crippen molar-refractivity contribution in [3.63, 3.8) is 0 Å². The molecule has 1 atom stereocenters. The molecule has 1 aromatic rings. The number of piperazine rings is 1. The van der Waals surface area contributed by atoms with Gasteiger partial charge in [-0.3, -0.25) is 4.79 Å². The highest BCUT2D eigenvalue weighted by Crippen LogP contribution is 2.36. The lowest BCUT2D eigenvalue weighted by atomic mass is 10.0. The largest absolute Gasteiger partial charge is 0.416 e. The van der Waals surface area contributed by atoms with Gasteiger partial charge in [0.25, 0.3) is 5.91 Å². The maximum absolute atomic E-state index is 13.1. The lowest BCUT2D eigenvalue weighted by Crippen LogP contribution is -2.49. The summed E-state index contributed by atoms with van der Waals surface area (Å²) in [5, 5.41) is 1.69. The predicted molar refractivity (Wildman–Crippen MR) is 76.4 cm³/mol. The van der Waals surface area contributed by atoms with Gasteiger partial charge in [-0.05, 0) is 6.07 Å². The number of benzene rings is 1. The van der Waals surface area contributed by atoms with Crippen molar-refractivity contribution in [3.8, 4) is 0 Å². The van der Waals surface area contributed by atoms with E-state index in [1.807, 2.05) is 0 Å². The van der Waals surface area contributed by atoms with Crippen LogP contribution >= 0.6 is 0 Å². The van der Waals surface area contributed by atoms with Crippen molar-refractivity contribution in [1.82, 2.24) is 9.96 Å². The number of nitrogens with zero attached hydrogens (tertiary/aromatic N) is 2. The third-order valence-corrected chi connectivity index (χ3v) is 3.82. The SMILES string of the molecule is COC(C(=O)N1CCN(OC)CC1)c1ccccc1C(F)(F)F. The molecule has 1 saturated heterocycles. The van der Waals surface area contributed by atoms with Gasteiger partial charge in [0.05, 0.1) is 12.7 Å². The van der Waals surface area contributed by atoms with Gasteiger partial charge in [0.15, 0.2) is 6.10 Å². The van der Waals surface area contributed by atoms with Crippen molar-refractivity contribution in [2.24, 2.45) is 0 Å². The maximum atomic E-state index is 13.1. The summed E-state index contributed by atoms with van der Waals surface area (Å²) in [6.45, 7) is 1.75. The van der Waals surface area contributed by atoms with Gasteiger partial charge in [-0.15, -0.1) is 0 Å². The molecule has 5 nitrogen and oxygen atoms in total. The van der Waals surface area contributed by atoms with Crippen LogP contribution < -0.4 is 0 Å². The average Bonchev–Trinajstić information content (AvgIpc) is 2.55. The molecule has 8 heteroatoms. The van der Waals surface area contributed by atoms with Crippen molar-refractivity contribution >= 4 is 5.91 Å². The van der Waals surface area contributed by atoms with Crippen LogP contribution in [0.5, 0.6) is 0 Å². The van der Waals surface area contributed by atoms with Crippen molar-refractivity contribution in [2.45, 2.75) is 12.3 Å². The summed E-state index contributed by atoms with van der Waals surface area (Å²) in [4.78, 5) is 19.1. The molecule has 1 aliphatic rings. The first kappa shape index (κ1) is 17.7. The maximum Gasteiger partial charge on any atom is 0.416 e. The fourth-order valence-electron chi connectivity index (χ4n) is 2.60. The molecule has 0 radical (unpaired) electrons. The molecule has 0 aromatic heterocycles. The van der Waals surface area contributed by atoms with E-state index in [-0.39, 0.29) is 5.56 Å². The highest BCUT2D eigenvalue weighted by Gasteiger charge is 2.38. The van der Waals surface area contributed by atoms with Gasteiger partial charge in [0, 0.05) is 38.9 Å². The van der Waals surface area contributed by atoms with Gasteiger partial charge in [-0.25, -0.2) is 0 Å². The molecule has 0 spiro atoms. The lowest BCUT2D eigenvalue weighted by molar-refractivity contribution is -0.167. The molecule has 0 aliphatic carbocycles. The summed E-state index contributed by atoms with van der Waals surface area (Å²) in [6.07, 6.45) is -5.82. The Morgan fingerprint density at radius 2 is 1.74 bits per heavy atom. The second-order valence-corrected chi connectivity index (χ2v) is 5.14. The fraction of sp³-hybridized carbons (Fsp3) is 0.533. The Balaban J connectivity index is 2.22. The molecule has 23 heavy (non-hydrogen) atoms. The van der Waals surface area contributed by atoms with Gasteiger partial charge in [0.2, 0.25) is 0 Å². The van der Waals surface area contributed by atoms with Gasteiger partial charge in [-0.2, -0.15) is 18.2 Å². The molecule has 0 bridgehead atoms. The number of rotatable bonds is 4. The molecule has 2 rings (SSSR count). The second kappa shape index (κ2) is 7.29. The van der Waals surface area contributed by atoms with Crippen LogP contribution in [0.4, 0.5) is 13.2 Å². The Morgan fingerprint density at radius 3 is 2.26 bits per heavy atom. The first-order valence-corrected chi connectivity index (χ1v) is 7.15. The van der Waals surface area contributed by atoms with Crippen LogP contribution in [0.2, 0.25) is 0 Å². The first-order valence-electron chi connectivity index (χ1n) is 7.15. The fourth-order valence-corrected chi connectivity index (χ4v) is 2.60. The molecule has 1 fully saturated rings. The molecule has 1 heterocycles. The number of carbonyl (C=O) groups excluding carboxylic acids is 1. The van der Waals surface area contributed by atoms with Gasteiger partial charge >= 0.3 is 6.18 Å². The number of methoxy groups -OCH3 is 1. The van der Waals surface area contributed by atoms with Gasteiger partial charge in [0.1, 0.15) is 0 Å². The Labute approximate surface area is 132 Å².